The largest absolute Gasteiger partial charge is 0.497 e. The molecule has 0 aliphatic rings. The molecule has 0 aliphatic heterocycles. The Bertz CT molecular complexity index is 829. The van der Waals surface area contributed by atoms with Gasteiger partial charge in [-0.1, -0.05) is 23.7 Å². The quantitative estimate of drug-likeness (QED) is 0.775. The van der Waals surface area contributed by atoms with Crippen LogP contribution in [0, 0.1) is 0 Å². The van der Waals surface area contributed by atoms with E-state index >= 15 is 0 Å². The van der Waals surface area contributed by atoms with Gasteiger partial charge in [-0.2, -0.15) is 5.10 Å². The summed E-state index contributed by atoms with van der Waals surface area (Å²) in [6.07, 6.45) is 0.235. The van der Waals surface area contributed by atoms with E-state index in [1.807, 2.05) is 30.3 Å². The number of halogens is 1. The SMILES string of the molecule is COc1ccc2[nH]nc(NC(=O)Cc3cccc(Cl)c3)c2c1. The minimum Gasteiger partial charge on any atom is -0.497 e. The van der Waals surface area contributed by atoms with E-state index in [-0.39, 0.29) is 12.3 Å². The molecule has 1 amide bonds. The molecule has 0 saturated carbocycles. The van der Waals surface area contributed by atoms with Crippen LogP contribution in [0.1, 0.15) is 5.56 Å². The van der Waals surface area contributed by atoms with Gasteiger partial charge >= 0.3 is 0 Å². The number of ether oxygens (including phenoxy) is 1. The van der Waals surface area contributed by atoms with Gasteiger partial charge in [0.2, 0.25) is 5.91 Å². The standard InChI is InChI=1S/C16H14ClN3O2/c1-22-12-5-6-14-13(9-12)16(20-19-14)18-15(21)8-10-3-2-4-11(17)7-10/h2-7,9H,8H2,1H3,(H2,18,19,20,21). The summed E-state index contributed by atoms with van der Waals surface area (Å²) < 4.78 is 5.19. The number of hydrogen-bond donors (Lipinski definition) is 2. The monoisotopic (exact) mass is 315 g/mol. The van der Waals surface area contributed by atoms with Crippen LogP contribution in [0.25, 0.3) is 10.9 Å². The van der Waals surface area contributed by atoms with E-state index < -0.39 is 0 Å². The number of rotatable bonds is 4. The highest BCUT2D eigenvalue weighted by molar-refractivity contribution is 6.30. The number of anilines is 1. The van der Waals surface area contributed by atoms with Gasteiger partial charge in [-0.25, -0.2) is 0 Å². The van der Waals surface area contributed by atoms with Crippen molar-refractivity contribution in [2.45, 2.75) is 6.42 Å². The number of methoxy groups -OCH3 is 1. The van der Waals surface area contributed by atoms with E-state index in [2.05, 4.69) is 15.5 Å². The Kier molecular flexibility index (Phi) is 3.98. The van der Waals surface area contributed by atoms with Crippen LogP contribution < -0.4 is 10.1 Å². The minimum absolute atomic E-state index is 0.154. The molecule has 2 N–H and O–H groups in total. The predicted octanol–water partition coefficient (Wildman–Crippen LogP) is 3.41. The maximum Gasteiger partial charge on any atom is 0.230 e. The number of fused-ring (bicyclic) bond motifs is 1. The molecule has 1 aromatic heterocycles. The van der Waals surface area contributed by atoms with Gasteiger partial charge in [0.05, 0.1) is 19.0 Å². The second-order valence-electron chi connectivity index (χ2n) is 4.84. The highest BCUT2D eigenvalue weighted by atomic mass is 35.5. The summed E-state index contributed by atoms with van der Waals surface area (Å²) >= 11 is 5.92. The summed E-state index contributed by atoms with van der Waals surface area (Å²) in [5.41, 5.74) is 1.68. The number of carbonyl (C=O) groups is 1. The molecular formula is C16H14ClN3O2. The molecule has 1 heterocycles. The van der Waals surface area contributed by atoms with Gasteiger partial charge < -0.3 is 10.1 Å². The third kappa shape index (κ3) is 3.04. The first-order chi connectivity index (χ1) is 10.7. The first-order valence-corrected chi connectivity index (χ1v) is 7.10. The lowest BCUT2D eigenvalue weighted by Crippen LogP contribution is -2.14. The van der Waals surface area contributed by atoms with Gasteiger partial charge in [0.25, 0.3) is 0 Å². The molecule has 3 aromatic rings. The maximum atomic E-state index is 12.1. The number of carbonyl (C=O) groups excluding carboxylic acids is 1. The first-order valence-electron chi connectivity index (χ1n) is 6.72. The smallest absolute Gasteiger partial charge is 0.230 e. The molecule has 112 valence electrons. The molecule has 0 saturated heterocycles. The maximum absolute atomic E-state index is 12.1. The Morgan fingerprint density at radius 1 is 1.32 bits per heavy atom. The number of nitrogens with zero attached hydrogens (tertiary/aromatic N) is 1. The van der Waals surface area contributed by atoms with E-state index in [0.29, 0.717) is 16.6 Å². The lowest BCUT2D eigenvalue weighted by molar-refractivity contribution is -0.115. The molecule has 0 unspecified atom stereocenters. The fourth-order valence-electron chi connectivity index (χ4n) is 2.22. The molecule has 2 aromatic carbocycles. The number of aromatic nitrogens is 2. The highest BCUT2D eigenvalue weighted by Crippen LogP contribution is 2.25. The Labute approximate surface area is 132 Å². The Morgan fingerprint density at radius 2 is 2.18 bits per heavy atom. The van der Waals surface area contributed by atoms with Crippen LogP contribution in [0.15, 0.2) is 42.5 Å². The van der Waals surface area contributed by atoms with Crippen molar-refractivity contribution in [3.63, 3.8) is 0 Å². The molecule has 0 aliphatic carbocycles. The zero-order valence-corrected chi connectivity index (χ0v) is 12.6. The van der Waals surface area contributed by atoms with Crippen LogP contribution in [0.3, 0.4) is 0 Å². The summed E-state index contributed by atoms with van der Waals surface area (Å²) in [6.45, 7) is 0. The van der Waals surface area contributed by atoms with E-state index in [4.69, 9.17) is 16.3 Å². The number of H-pyrrole nitrogens is 1. The number of benzene rings is 2. The number of amides is 1. The molecule has 0 spiro atoms. The average molecular weight is 316 g/mol. The lowest BCUT2D eigenvalue weighted by Gasteiger charge is -2.04. The van der Waals surface area contributed by atoms with Gasteiger partial charge in [-0.05, 0) is 35.9 Å². The van der Waals surface area contributed by atoms with Crippen molar-refractivity contribution in [2.24, 2.45) is 0 Å². The van der Waals surface area contributed by atoms with Crippen LogP contribution in [-0.2, 0) is 11.2 Å². The minimum atomic E-state index is -0.154. The van der Waals surface area contributed by atoms with Crippen LogP contribution in [0.4, 0.5) is 5.82 Å². The second-order valence-corrected chi connectivity index (χ2v) is 5.28. The van der Waals surface area contributed by atoms with Crippen molar-refractivity contribution in [1.82, 2.24) is 10.2 Å². The third-order valence-corrected chi connectivity index (χ3v) is 3.52. The predicted molar refractivity (Wildman–Crippen MR) is 86.4 cm³/mol. The molecule has 5 nitrogen and oxygen atoms in total. The van der Waals surface area contributed by atoms with Crippen LogP contribution in [-0.4, -0.2) is 23.2 Å². The number of aromatic amines is 1. The molecule has 3 rings (SSSR count). The van der Waals surface area contributed by atoms with Crippen LogP contribution in [0.2, 0.25) is 5.02 Å². The molecule has 0 fully saturated rings. The van der Waals surface area contributed by atoms with Crippen LogP contribution in [0.5, 0.6) is 5.75 Å². The van der Waals surface area contributed by atoms with E-state index in [1.165, 1.54) is 0 Å². The lowest BCUT2D eigenvalue weighted by atomic mass is 10.1. The molecular weight excluding hydrogens is 302 g/mol. The number of nitrogens with one attached hydrogen (secondary N) is 2. The van der Waals surface area contributed by atoms with Gasteiger partial charge in [0, 0.05) is 10.4 Å². The van der Waals surface area contributed by atoms with Gasteiger partial charge in [0.15, 0.2) is 5.82 Å². The van der Waals surface area contributed by atoms with Crippen molar-refractivity contribution in [2.75, 3.05) is 12.4 Å². The number of hydrogen-bond acceptors (Lipinski definition) is 3. The molecule has 22 heavy (non-hydrogen) atoms. The van der Waals surface area contributed by atoms with Crippen molar-refractivity contribution in [1.29, 1.82) is 0 Å². The molecule has 0 bridgehead atoms. The second kappa shape index (κ2) is 6.07. The van der Waals surface area contributed by atoms with Gasteiger partial charge in [0.1, 0.15) is 5.75 Å². The Hall–Kier alpha value is -2.53. The van der Waals surface area contributed by atoms with Crippen molar-refractivity contribution in [3.8, 4) is 5.75 Å². The fourth-order valence-corrected chi connectivity index (χ4v) is 2.44. The highest BCUT2D eigenvalue weighted by Gasteiger charge is 2.11. The Balaban J connectivity index is 1.79. The Morgan fingerprint density at radius 3 is 2.95 bits per heavy atom. The summed E-state index contributed by atoms with van der Waals surface area (Å²) in [6, 6.07) is 12.7. The van der Waals surface area contributed by atoms with E-state index in [0.717, 1.165) is 16.5 Å². The topological polar surface area (TPSA) is 67.0 Å². The van der Waals surface area contributed by atoms with E-state index in [1.54, 1.807) is 19.2 Å². The zero-order chi connectivity index (χ0) is 15.5. The van der Waals surface area contributed by atoms with Crippen molar-refractivity contribution < 1.29 is 9.53 Å². The summed E-state index contributed by atoms with van der Waals surface area (Å²) in [4.78, 5) is 12.1. The fraction of sp³-hybridized carbons (Fsp3) is 0.125. The average Bonchev–Trinajstić information content (AvgIpc) is 2.89. The van der Waals surface area contributed by atoms with Gasteiger partial charge in [-0.3, -0.25) is 9.89 Å². The summed E-state index contributed by atoms with van der Waals surface area (Å²) in [7, 11) is 1.60. The van der Waals surface area contributed by atoms with Crippen LogP contribution >= 0.6 is 11.6 Å². The summed E-state index contributed by atoms with van der Waals surface area (Å²) in [5.74, 6) is 1.04. The molecule has 0 atom stereocenters. The summed E-state index contributed by atoms with van der Waals surface area (Å²) in [5, 5.41) is 11.2. The van der Waals surface area contributed by atoms with E-state index in [9.17, 15) is 4.79 Å². The first kappa shape index (κ1) is 14.4. The normalized spacial score (nSPS) is 10.6. The zero-order valence-electron chi connectivity index (χ0n) is 11.9. The van der Waals surface area contributed by atoms with Crippen molar-refractivity contribution in [3.05, 3.63) is 53.1 Å². The van der Waals surface area contributed by atoms with Crippen molar-refractivity contribution >= 4 is 34.2 Å². The third-order valence-electron chi connectivity index (χ3n) is 3.28. The molecule has 0 radical (unpaired) electrons. The molecule has 6 heteroatoms. The van der Waals surface area contributed by atoms with Gasteiger partial charge in [-0.15, -0.1) is 0 Å².